The number of amides is 2. The van der Waals surface area contributed by atoms with E-state index in [1.54, 1.807) is 54.6 Å². The third-order valence-electron chi connectivity index (χ3n) is 7.33. The van der Waals surface area contributed by atoms with E-state index in [2.05, 4.69) is 5.32 Å². The first kappa shape index (κ1) is 35.5. The van der Waals surface area contributed by atoms with Gasteiger partial charge >= 0.3 is 6.18 Å². The van der Waals surface area contributed by atoms with E-state index in [0.717, 1.165) is 17.7 Å². The van der Waals surface area contributed by atoms with Crippen molar-refractivity contribution in [2.75, 3.05) is 17.4 Å². The van der Waals surface area contributed by atoms with Crippen molar-refractivity contribution in [1.82, 2.24) is 10.2 Å². The molecule has 4 rings (SSSR count). The Kier molecular flexibility index (Phi) is 11.7. The number of halogens is 4. The van der Waals surface area contributed by atoms with Crippen LogP contribution in [0.25, 0.3) is 0 Å². The molecule has 0 saturated carbocycles. The van der Waals surface area contributed by atoms with Gasteiger partial charge in [0.1, 0.15) is 12.6 Å². The van der Waals surface area contributed by atoms with Crippen LogP contribution in [0.2, 0.25) is 5.02 Å². The molecule has 1 unspecified atom stereocenters. The largest absolute Gasteiger partial charge is 0.416 e. The Morgan fingerprint density at radius 2 is 1.47 bits per heavy atom. The number of carbonyl (C=O) groups is 2. The average Bonchev–Trinajstić information content (AvgIpc) is 3.05. The second-order valence-corrected chi connectivity index (χ2v) is 13.6. The predicted octanol–water partition coefficient (Wildman–Crippen LogP) is 6.97. The Morgan fingerprint density at radius 3 is 2.09 bits per heavy atom. The molecule has 0 fully saturated rings. The topological polar surface area (TPSA) is 86.8 Å². The minimum atomic E-state index is -4.77. The van der Waals surface area contributed by atoms with E-state index in [1.807, 2.05) is 19.9 Å². The van der Waals surface area contributed by atoms with Gasteiger partial charge in [0.25, 0.3) is 10.0 Å². The fraction of sp³-hybridized carbons (Fsp3) is 0.257. The fourth-order valence-corrected chi connectivity index (χ4v) is 6.49. The Hall–Kier alpha value is -4.35. The number of anilines is 1. The van der Waals surface area contributed by atoms with Crippen molar-refractivity contribution in [2.45, 2.75) is 43.9 Å². The molecule has 248 valence electrons. The van der Waals surface area contributed by atoms with Crippen molar-refractivity contribution in [3.63, 3.8) is 0 Å². The van der Waals surface area contributed by atoms with Crippen molar-refractivity contribution in [3.05, 3.63) is 131 Å². The molecule has 0 bridgehead atoms. The van der Waals surface area contributed by atoms with Crippen molar-refractivity contribution < 1.29 is 31.2 Å². The highest BCUT2D eigenvalue weighted by Gasteiger charge is 2.36. The van der Waals surface area contributed by atoms with E-state index >= 15 is 0 Å². The summed E-state index contributed by atoms with van der Waals surface area (Å²) in [5, 5.41) is 3.20. The molecule has 47 heavy (non-hydrogen) atoms. The zero-order valence-electron chi connectivity index (χ0n) is 25.8. The molecule has 0 aliphatic carbocycles. The van der Waals surface area contributed by atoms with Gasteiger partial charge in [0.2, 0.25) is 11.8 Å². The molecule has 0 aliphatic rings. The van der Waals surface area contributed by atoms with E-state index in [4.69, 9.17) is 11.6 Å². The molecule has 0 spiro atoms. The molecule has 2 amide bonds. The first-order valence-corrected chi connectivity index (χ1v) is 16.7. The van der Waals surface area contributed by atoms with Gasteiger partial charge in [-0.2, -0.15) is 13.2 Å². The minimum absolute atomic E-state index is 0.0793. The molecule has 1 atom stereocenters. The molecule has 0 radical (unpaired) electrons. The maximum atomic E-state index is 14.5. The van der Waals surface area contributed by atoms with Gasteiger partial charge in [0.15, 0.2) is 0 Å². The summed E-state index contributed by atoms with van der Waals surface area (Å²) in [6, 6.07) is 25.5. The van der Waals surface area contributed by atoms with Crippen LogP contribution in [0.1, 0.15) is 30.5 Å². The quantitative estimate of drug-likeness (QED) is 0.165. The SMILES string of the molecule is CC(C)CNC(=O)C(Cc1ccccc1)N(Cc1ccccc1Cl)C(=O)CN(c1cccc(C(F)(F)F)c1)S(=O)(=O)c1ccccc1. The van der Waals surface area contributed by atoms with E-state index in [0.29, 0.717) is 27.5 Å². The lowest BCUT2D eigenvalue weighted by molar-refractivity contribution is -0.140. The summed E-state index contributed by atoms with van der Waals surface area (Å²) in [7, 11) is -4.56. The van der Waals surface area contributed by atoms with Crippen LogP contribution in [0, 0.1) is 5.92 Å². The predicted molar refractivity (Wildman–Crippen MR) is 176 cm³/mol. The molecule has 0 saturated heterocycles. The molecule has 1 N–H and O–H groups in total. The fourth-order valence-electron chi connectivity index (χ4n) is 4.87. The third-order valence-corrected chi connectivity index (χ3v) is 9.48. The van der Waals surface area contributed by atoms with Crippen LogP contribution in [-0.4, -0.2) is 44.3 Å². The Balaban J connectivity index is 1.84. The van der Waals surface area contributed by atoms with E-state index < -0.39 is 46.2 Å². The van der Waals surface area contributed by atoms with Crippen molar-refractivity contribution in [3.8, 4) is 0 Å². The minimum Gasteiger partial charge on any atom is -0.354 e. The third kappa shape index (κ3) is 9.36. The number of carbonyl (C=O) groups excluding carboxylic acids is 2. The van der Waals surface area contributed by atoms with Crippen LogP contribution in [0.4, 0.5) is 18.9 Å². The Labute approximate surface area is 278 Å². The smallest absolute Gasteiger partial charge is 0.354 e. The summed E-state index contributed by atoms with van der Waals surface area (Å²) in [6.45, 7) is 3.08. The molecule has 0 aromatic heterocycles. The first-order valence-electron chi connectivity index (χ1n) is 14.9. The normalized spacial score (nSPS) is 12.4. The van der Waals surface area contributed by atoms with Gasteiger partial charge in [-0.05, 0) is 53.4 Å². The zero-order chi connectivity index (χ0) is 34.2. The summed E-state index contributed by atoms with van der Waals surface area (Å²) < 4.78 is 69.9. The van der Waals surface area contributed by atoms with Crippen LogP contribution in [0.5, 0.6) is 0 Å². The molecule has 0 aliphatic heterocycles. The second kappa shape index (κ2) is 15.5. The molecular weight excluding hydrogens is 651 g/mol. The van der Waals surface area contributed by atoms with Gasteiger partial charge in [-0.25, -0.2) is 8.42 Å². The number of sulfonamides is 1. The molecule has 7 nitrogen and oxygen atoms in total. The highest BCUT2D eigenvalue weighted by Crippen LogP contribution is 2.33. The van der Waals surface area contributed by atoms with Crippen molar-refractivity contribution >= 4 is 39.1 Å². The second-order valence-electron chi connectivity index (χ2n) is 11.3. The van der Waals surface area contributed by atoms with Gasteiger partial charge < -0.3 is 10.2 Å². The summed E-state index contributed by atoms with van der Waals surface area (Å²) in [5.41, 5.74) is -0.216. The summed E-state index contributed by atoms with van der Waals surface area (Å²) in [4.78, 5) is 29.3. The van der Waals surface area contributed by atoms with Crippen LogP contribution in [-0.2, 0) is 38.8 Å². The average molecular weight is 686 g/mol. The lowest BCUT2D eigenvalue weighted by Gasteiger charge is -2.34. The highest BCUT2D eigenvalue weighted by molar-refractivity contribution is 7.92. The van der Waals surface area contributed by atoms with Crippen molar-refractivity contribution in [2.24, 2.45) is 5.92 Å². The lowest BCUT2D eigenvalue weighted by Crippen LogP contribution is -2.53. The number of hydrogen-bond donors (Lipinski definition) is 1. The van der Waals surface area contributed by atoms with Crippen LogP contribution < -0.4 is 9.62 Å². The van der Waals surface area contributed by atoms with Crippen molar-refractivity contribution in [1.29, 1.82) is 0 Å². The molecular formula is C35H35ClF3N3O4S. The maximum Gasteiger partial charge on any atom is 0.416 e. The van der Waals surface area contributed by atoms with Gasteiger partial charge in [-0.1, -0.05) is 98.2 Å². The van der Waals surface area contributed by atoms with Crippen LogP contribution in [0.3, 0.4) is 0 Å². The molecule has 4 aromatic rings. The monoisotopic (exact) mass is 685 g/mol. The van der Waals surface area contributed by atoms with Crippen LogP contribution >= 0.6 is 11.6 Å². The molecule has 12 heteroatoms. The van der Waals surface area contributed by atoms with E-state index in [-0.39, 0.29) is 29.5 Å². The Morgan fingerprint density at radius 1 is 0.851 bits per heavy atom. The number of nitrogens with one attached hydrogen (secondary N) is 1. The number of hydrogen-bond acceptors (Lipinski definition) is 4. The number of alkyl halides is 3. The number of nitrogens with zero attached hydrogens (tertiary/aromatic N) is 2. The number of benzene rings is 4. The van der Waals surface area contributed by atoms with Gasteiger partial charge in [0.05, 0.1) is 16.1 Å². The van der Waals surface area contributed by atoms with E-state index in [9.17, 15) is 31.2 Å². The summed E-state index contributed by atoms with van der Waals surface area (Å²) in [6.07, 6.45) is -4.69. The first-order chi connectivity index (χ1) is 22.3. The highest BCUT2D eigenvalue weighted by atomic mass is 35.5. The zero-order valence-corrected chi connectivity index (χ0v) is 27.4. The number of rotatable bonds is 13. The van der Waals surface area contributed by atoms with Gasteiger partial charge in [0, 0.05) is 24.5 Å². The summed E-state index contributed by atoms with van der Waals surface area (Å²) >= 11 is 6.48. The maximum absolute atomic E-state index is 14.5. The Bertz CT molecular complexity index is 1770. The van der Waals surface area contributed by atoms with Gasteiger partial charge in [-0.15, -0.1) is 0 Å². The molecule has 0 heterocycles. The van der Waals surface area contributed by atoms with Crippen LogP contribution in [0.15, 0.2) is 114 Å². The van der Waals surface area contributed by atoms with E-state index in [1.165, 1.54) is 35.2 Å². The lowest BCUT2D eigenvalue weighted by atomic mass is 10.0. The molecule has 4 aromatic carbocycles. The van der Waals surface area contributed by atoms with Gasteiger partial charge in [-0.3, -0.25) is 13.9 Å². The summed E-state index contributed by atoms with van der Waals surface area (Å²) in [5.74, 6) is -1.20. The standard InChI is InChI=1S/C35H35ClF3N3O4S/c1-25(2)22-40-34(44)32(20-26-12-5-3-6-13-26)41(23-27-14-9-10-19-31(27)36)33(43)24-42(47(45,46)30-17-7-4-8-18-30)29-16-11-15-28(21-29)35(37,38)39/h3-19,21,25,32H,20,22-24H2,1-2H3,(H,40,44).